The fourth-order valence-electron chi connectivity index (χ4n) is 2.87. The van der Waals surface area contributed by atoms with Crippen LogP contribution in [-0.2, 0) is 11.2 Å². The molecule has 4 nitrogen and oxygen atoms in total. The maximum Gasteiger partial charge on any atom is 0.224 e. The zero-order valence-electron chi connectivity index (χ0n) is 14.4. The molecule has 0 heterocycles. The normalized spacial score (nSPS) is 10.5. The molecule has 1 N–H and O–H groups in total. The van der Waals surface area contributed by atoms with Crippen LogP contribution in [0.1, 0.15) is 12.0 Å². The van der Waals surface area contributed by atoms with Crippen LogP contribution in [0.4, 0.5) is 5.69 Å². The number of methoxy groups -OCH3 is 2. The first-order valence-corrected chi connectivity index (χ1v) is 8.20. The number of benzene rings is 3. The largest absolute Gasteiger partial charge is 0.497 e. The van der Waals surface area contributed by atoms with Gasteiger partial charge < -0.3 is 14.8 Å². The van der Waals surface area contributed by atoms with Crippen LogP contribution in [0.3, 0.4) is 0 Å². The van der Waals surface area contributed by atoms with Gasteiger partial charge in [-0.15, -0.1) is 0 Å². The Hall–Kier alpha value is -3.01. The first-order valence-electron chi connectivity index (χ1n) is 8.20. The minimum Gasteiger partial charge on any atom is -0.497 e. The third-order valence-corrected chi connectivity index (χ3v) is 4.17. The van der Waals surface area contributed by atoms with Crippen LogP contribution in [0.5, 0.6) is 11.5 Å². The monoisotopic (exact) mass is 335 g/mol. The van der Waals surface area contributed by atoms with E-state index < -0.39 is 0 Å². The number of carbonyl (C=O) groups excluding carboxylic acids is 1. The SMILES string of the molecule is COc1ccc(OC)c(CCC(=O)Nc2cccc3ccccc23)c1. The first-order chi connectivity index (χ1) is 12.2. The Morgan fingerprint density at radius 2 is 1.76 bits per heavy atom. The second kappa shape index (κ2) is 7.71. The molecule has 0 aliphatic heterocycles. The fourth-order valence-corrected chi connectivity index (χ4v) is 2.87. The topological polar surface area (TPSA) is 47.6 Å². The molecule has 0 unspecified atom stereocenters. The minimum absolute atomic E-state index is 0.0266. The minimum atomic E-state index is -0.0266. The Labute approximate surface area is 147 Å². The lowest BCUT2D eigenvalue weighted by molar-refractivity contribution is -0.116. The highest BCUT2D eigenvalue weighted by atomic mass is 16.5. The van der Waals surface area contributed by atoms with E-state index in [0.29, 0.717) is 12.8 Å². The predicted molar refractivity (Wildman–Crippen MR) is 100 cm³/mol. The summed E-state index contributed by atoms with van der Waals surface area (Å²) in [5.41, 5.74) is 1.79. The van der Waals surface area contributed by atoms with Gasteiger partial charge in [-0.2, -0.15) is 0 Å². The summed E-state index contributed by atoms with van der Waals surface area (Å²) < 4.78 is 10.6. The van der Waals surface area contributed by atoms with Crippen molar-refractivity contribution >= 4 is 22.4 Å². The molecular weight excluding hydrogens is 314 g/mol. The molecule has 25 heavy (non-hydrogen) atoms. The van der Waals surface area contributed by atoms with Crippen LogP contribution in [-0.4, -0.2) is 20.1 Å². The molecular formula is C21H21NO3. The summed E-state index contributed by atoms with van der Waals surface area (Å²) in [5.74, 6) is 1.49. The number of aryl methyl sites for hydroxylation is 1. The number of amides is 1. The molecule has 0 bridgehead atoms. The maximum atomic E-state index is 12.4. The molecule has 0 saturated heterocycles. The molecule has 0 aliphatic rings. The highest BCUT2D eigenvalue weighted by molar-refractivity contribution is 6.02. The van der Waals surface area contributed by atoms with Gasteiger partial charge in [0.1, 0.15) is 11.5 Å². The Morgan fingerprint density at radius 1 is 0.960 bits per heavy atom. The van der Waals surface area contributed by atoms with E-state index in [2.05, 4.69) is 5.32 Å². The summed E-state index contributed by atoms with van der Waals surface area (Å²) in [6, 6.07) is 19.5. The van der Waals surface area contributed by atoms with Gasteiger partial charge >= 0.3 is 0 Å². The molecule has 0 aliphatic carbocycles. The fraction of sp³-hybridized carbons (Fsp3) is 0.190. The number of fused-ring (bicyclic) bond motifs is 1. The first kappa shape index (κ1) is 16.8. The molecule has 0 atom stereocenters. The lowest BCUT2D eigenvalue weighted by Crippen LogP contribution is -2.12. The summed E-state index contributed by atoms with van der Waals surface area (Å²) in [4.78, 5) is 12.4. The van der Waals surface area contributed by atoms with Crippen LogP contribution in [0.25, 0.3) is 10.8 Å². The van der Waals surface area contributed by atoms with E-state index in [-0.39, 0.29) is 5.91 Å². The molecule has 0 radical (unpaired) electrons. The Morgan fingerprint density at radius 3 is 2.56 bits per heavy atom. The van der Waals surface area contributed by atoms with Crippen molar-refractivity contribution in [1.29, 1.82) is 0 Å². The smallest absolute Gasteiger partial charge is 0.224 e. The van der Waals surface area contributed by atoms with Crippen LogP contribution in [0, 0.1) is 0 Å². The van der Waals surface area contributed by atoms with Gasteiger partial charge in [-0.25, -0.2) is 0 Å². The van der Waals surface area contributed by atoms with Gasteiger partial charge in [-0.3, -0.25) is 4.79 Å². The number of ether oxygens (including phenoxy) is 2. The molecule has 0 spiro atoms. The van der Waals surface area contributed by atoms with Crippen molar-refractivity contribution in [1.82, 2.24) is 0 Å². The van der Waals surface area contributed by atoms with Gasteiger partial charge in [0.2, 0.25) is 5.91 Å². The number of hydrogen-bond donors (Lipinski definition) is 1. The number of anilines is 1. The van der Waals surface area contributed by atoms with E-state index in [1.807, 2.05) is 60.7 Å². The third-order valence-electron chi connectivity index (χ3n) is 4.17. The second-order valence-electron chi connectivity index (χ2n) is 5.75. The molecule has 1 amide bonds. The summed E-state index contributed by atoms with van der Waals surface area (Å²) in [5, 5.41) is 5.16. The van der Waals surface area contributed by atoms with Crippen molar-refractivity contribution < 1.29 is 14.3 Å². The standard InChI is InChI=1S/C21H21NO3/c1-24-17-11-12-20(25-2)16(14-17)10-13-21(23)22-19-9-5-7-15-6-3-4-8-18(15)19/h3-9,11-12,14H,10,13H2,1-2H3,(H,22,23). The maximum absolute atomic E-state index is 12.4. The molecule has 4 heteroatoms. The lowest BCUT2D eigenvalue weighted by atomic mass is 10.1. The van der Waals surface area contributed by atoms with E-state index in [1.54, 1.807) is 14.2 Å². The quantitative estimate of drug-likeness (QED) is 0.725. The van der Waals surface area contributed by atoms with E-state index in [1.165, 1.54) is 0 Å². The van der Waals surface area contributed by atoms with Gasteiger partial charge in [0.25, 0.3) is 0 Å². The predicted octanol–water partition coefficient (Wildman–Crippen LogP) is 4.43. The number of nitrogens with one attached hydrogen (secondary N) is 1. The van der Waals surface area contributed by atoms with E-state index >= 15 is 0 Å². The van der Waals surface area contributed by atoms with Crippen LogP contribution in [0.15, 0.2) is 60.7 Å². The van der Waals surface area contributed by atoms with Gasteiger partial charge in [-0.05, 0) is 41.6 Å². The van der Waals surface area contributed by atoms with Crippen LogP contribution >= 0.6 is 0 Å². The van der Waals surface area contributed by atoms with Gasteiger partial charge in [0, 0.05) is 17.5 Å². The molecule has 3 aromatic rings. The van der Waals surface area contributed by atoms with Crippen molar-refractivity contribution in [2.24, 2.45) is 0 Å². The van der Waals surface area contributed by atoms with E-state index in [9.17, 15) is 4.79 Å². The summed E-state index contributed by atoms with van der Waals surface area (Å²) in [7, 11) is 3.25. The van der Waals surface area contributed by atoms with Crippen LogP contribution < -0.4 is 14.8 Å². The third kappa shape index (κ3) is 3.91. The Balaban J connectivity index is 1.71. The van der Waals surface area contributed by atoms with Crippen molar-refractivity contribution in [3.63, 3.8) is 0 Å². The Bertz CT molecular complexity index is 884. The number of rotatable bonds is 6. The molecule has 0 fully saturated rings. The van der Waals surface area contributed by atoms with Crippen molar-refractivity contribution in [2.45, 2.75) is 12.8 Å². The average Bonchev–Trinajstić information content (AvgIpc) is 2.66. The van der Waals surface area contributed by atoms with Crippen molar-refractivity contribution in [3.8, 4) is 11.5 Å². The molecule has 0 aromatic heterocycles. The molecule has 128 valence electrons. The Kier molecular flexibility index (Phi) is 5.19. The summed E-state index contributed by atoms with van der Waals surface area (Å²) in [6.07, 6.45) is 0.948. The molecule has 3 rings (SSSR count). The van der Waals surface area contributed by atoms with Crippen molar-refractivity contribution in [2.75, 3.05) is 19.5 Å². The lowest BCUT2D eigenvalue weighted by Gasteiger charge is -2.11. The zero-order chi connectivity index (χ0) is 17.6. The zero-order valence-corrected chi connectivity index (χ0v) is 14.4. The van der Waals surface area contributed by atoms with E-state index in [4.69, 9.17) is 9.47 Å². The summed E-state index contributed by atoms with van der Waals surface area (Å²) >= 11 is 0. The van der Waals surface area contributed by atoms with Crippen molar-refractivity contribution in [3.05, 3.63) is 66.2 Å². The molecule has 0 saturated carbocycles. The van der Waals surface area contributed by atoms with Crippen LogP contribution in [0.2, 0.25) is 0 Å². The number of hydrogen-bond acceptors (Lipinski definition) is 3. The number of carbonyl (C=O) groups is 1. The highest BCUT2D eigenvalue weighted by Gasteiger charge is 2.10. The van der Waals surface area contributed by atoms with Gasteiger partial charge in [0.05, 0.1) is 14.2 Å². The molecule has 3 aromatic carbocycles. The average molecular weight is 335 g/mol. The van der Waals surface area contributed by atoms with E-state index in [0.717, 1.165) is 33.5 Å². The highest BCUT2D eigenvalue weighted by Crippen LogP contribution is 2.26. The second-order valence-corrected chi connectivity index (χ2v) is 5.75. The summed E-state index contributed by atoms with van der Waals surface area (Å²) in [6.45, 7) is 0. The van der Waals surface area contributed by atoms with Gasteiger partial charge in [-0.1, -0.05) is 36.4 Å². The van der Waals surface area contributed by atoms with Gasteiger partial charge in [0.15, 0.2) is 0 Å².